The molecule has 0 N–H and O–H groups in total. The molecule has 0 aromatic carbocycles. The number of hydrogen-bond donors (Lipinski definition) is 0. The molecule has 1 nitrogen and oxygen atoms in total. The normalized spacial score (nSPS) is 38.6. The zero-order valence-corrected chi connectivity index (χ0v) is 22.1. The van der Waals surface area contributed by atoms with Crippen LogP contribution in [0.2, 0.25) is 0 Å². The summed E-state index contributed by atoms with van der Waals surface area (Å²) in [6, 6.07) is 0.662. The second-order valence-electron chi connectivity index (χ2n) is 11.7. The first-order valence-electron chi connectivity index (χ1n) is 13.8. The Hall–Kier alpha value is -1.08. The van der Waals surface area contributed by atoms with Gasteiger partial charge in [0.05, 0.1) is 0 Å². The van der Waals surface area contributed by atoms with Gasteiger partial charge in [0.1, 0.15) is 0 Å². The van der Waals surface area contributed by atoms with Gasteiger partial charge in [0.2, 0.25) is 0 Å². The second-order valence-corrected chi connectivity index (χ2v) is 11.7. The average molecular weight is 438 g/mol. The van der Waals surface area contributed by atoms with Gasteiger partial charge < -0.3 is 0 Å². The molecule has 7 unspecified atom stereocenters. The minimum atomic E-state index is 0.356. The topological polar surface area (TPSA) is 3.24 Å². The van der Waals surface area contributed by atoms with Crippen molar-refractivity contribution in [3.8, 4) is 0 Å². The van der Waals surface area contributed by atoms with Gasteiger partial charge in [0, 0.05) is 18.1 Å². The first kappa shape index (κ1) is 25.5. The van der Waals surface area contributed by atoms with Crippen molar-refractivity contribution in [2.75, 3.05) is 6.54 Å². The van der Waals surface area contributed by atoms with Crippen molar-refractivity contribution in [2.45, 2.75) is 111 Å². The van der Waals surface area contributed by atoms with Gasteiger partial charge in [-0.2, -0.15) is 0 Å². The third-order valence-electron chi connectivity index (χ3n) is 9.25. The summed E-state index contributed by atoms with van der Waals surface area (Å²) in [5.74, 6) is 2.77. The standard InChI is InChI=1S/C31H51N/c1-8-12-13-27-15-14-25(6)29(27)28(17-20-31(11-4)21-26(10-3)22-31)32-23-24(5)16-19-30(32,7)18-9-2/h10,12-15,21,24-25,27-29H,3,8-9,11,16-20,22-23H2,1-2,4-7H3/b13-12+. The molecule has 0 radical (unpaired) electrons. The number of allylic oxidation sites excluding steroid dienone is 7. The van der Waals surface area contributed by atoms with Crippen LogP contribution in [-0.4, -0.2) is 23.0 Å². The molecule has 180 valence electrons. The minimum absolute atomic E-state index is 0.356. The molecule has 0 bridgehead atoms. The van der Waals surface area contributed by atoms with E-state index in [9.17, 15) is 0 Å². The first-order valence-corrected chi connectivity index (χ1v) is 13.8. The lowest BCUT2D eigenvalue weighted by Gasteiger charge is -2.54. The summed E-state index contributed by atoms with van der Waals surface area (Å²) in [4.78, 5) is 3.03. The maximum atomic E-state index is 4.02. The monoisotopic (exact) mass is 437 g/mol. The number of hydrogen-bond acceptors (Lipinski definition) is 1. The molecular weight excluding hydrogens is 386 g/mol. The molecule has 1 heteroatoms. The Morgan fingerprint density at radius 3 is 2.56 bits per heavy atom. The van der Waals surface area contributed by atoms with E-state index in [0.29, 0.717) is 34.7 Å². The van der Waals surface area contributed by atoms with Crippen LogP contribution in [-0.2, 0) is 0 Å². The highest BCUT2D eigenvalue weighted by Gasteiger charge is 2.46. The molecular formula is C31H51N. The van der Waals surface area contributed by atoms with E-state index in [4.69, 9.17) is 0 Å². The van der Waals surface area contributed by atoms with E-state index in [-0.39, 0.29) is 0 Å². The van der Waals surface area contributed by atoms with E-state index in [1.54, 1.807) is 0 Å². The number of nitrogens with zero attached hydrogens (tertiary/aromatic N) is 1. The number of piperidine rings is 1. The van der Waals surface area contributed by atoms with Crippen molar-refractivity contribution in [3.05, 3.63) is 48.6 Å². The van der Waals surface area contributed by atoms with E-state index >= 15 is 0 Å². The van der Waals surface area contributed by atoms with E-state index in [0.717, 1.165) is 12.3 Å². The average Bonchev–Trinajstić information content (AvgIpc) is 3.11. The van der Waals surface area contributed by atoms with Crippen molar-refractivity contribution >= 4 is 0 Å². The Bertz CT molecular complexity index is 714. The largest absolute Gasteiger partial charge is 0.294 e. The van der Waals surface area contributed by atoms with Gasteiger partial charge in [0.25, 0.3) is 0 Å². The molecule has 3 rings (SSSR count). The maximum Gasteiger partial charge on any atom is 0.0184 e. The van der Waals surface area contributed by atoms with Gasteiger partial charge in [-0.15, -0.1) is 0 Å². The molecule has 1 aliphatic heterocycles. The van der Waals surface area contributed by atoms with Crippen LogP contribution in [0.3, 0.4) is 0 Å². The smallest absolute Gasteiger partial charge is 0.0184 e. The Morgan fingerprint density at radius 1 is 1.19 bits per heavy atom. The van der Waals surface area contributed by atoms with Crippen LogP contribution in [0, 0.1) is 29.1 Å². The van der Waals surface area contributed by atoms with Gasteiger partial charge >= 0.3 is 0 Å². The molecule has 1 saturated heterocycles. The van der Waals surface area contributed by atoms with Crippen molar-refractivity contribution in [2.24, 2.45) is 29.1 Å². The van der Waals surface area contributed by atoms with E-state index < -0.39 is 0 Å². The summed E-state index contributed by atoms with van der Waals surface area (Å²) >= 11 is 0. The van der Waals surface area contributed by atoms with Crippen molar-refractivity contribution in [1.82, 2.24) is 4.90 Å². The second kappa shape index (κ2) is 10.9. The quantitative estimate of drug-likeness (QED) is 0.292. The van der Waals surface area contributed by atoms with Crippen molar-refractivity contribution < 1.29 is 0 Å². The van der Waals surface area contributed by atoms with Crippen LogP contribution >= 0.6 is 0 Å². The Kier molecular flexibility index (Phi) is 8.70. The third-order valence-corrected chi connectivity index (χ3v) is 9.25. The fourth-order valence-corrected chi connectivity index (χ4v) is 7.15. The zero-order valence-electron chi connectivity index (χ0n) is 22.1. The molecule has 1 heterocycles. The molecule has 0 spiro atoms. The first-order chi connectivity index (χ1) is 15.3. The summed E-state index contributed by atoms with van der Waals surface area (Å²) in [7, 11) is 0. The fourth-order valence-electron chi connectivity index (χ4n) is 7.15. The van der Waals surface area contributed by atoms with Gasteiger partial charge in [-0.05, 0) is 87.4 Å². The molecule has 0 aromatic heterocycles. The molecule has 0 saturated carbocycles. The number of likely N-dealkylation sites (tertiary alicyclic amines) is 1. The minimum Gasteiger partial charge on any atom is -0.294 e. The lowest BCUT2D eigenvalue weighted by atomic mass is 9.64. The summed E-state index contributed by atoms with van der Waals surface area (Å²) < 4.78 is 0. The zero-order chi connectivity index (χ0) is 23.4. The van der Waals surface area contributed by atoms with Crippen LogP contribution in [0.5, 0.6) is 0 Å². The summed E-state index contributed by atoms with van der Waals surface area (Å²) in [5.41, 5.74) is 2.23. The molecule has 2 aliphatic carbocycles. The van der Waals surface area contributed by atoms with Crippen LogP contribution in [0.4, 0.5) is 0 Å². The van der Waals surface area contributed by atoms with Crippen molar-refractivity contribution in [3.63, 3.8) is 0 Å². The van der Waals surface area contributed by atoms with E-state index in [1.165, 1.54) is 63.5 Å². The lowest BCUT2D eigenvalue weighted by molar-refractivity contribution is -0.0421. The van der Waals surface area contributed by atoms with Crippen LogP contribution in [0.1, 0.15) is 99.3 Å². The fraction of sp³-hybridized carbons (Fsp3) is 0.742. The van der Waals surface area contributed by atoms with Gasteiger partial charge in [0.15, 0.2) is 0 Å². The van der Waals surface area contributed by atoms with Gasteiger partial charge in [-0.3, -0.25) is 4.90 Å². The molecule has 0 aromatic rings. The summed E-state index contributed by atoms with van der Waals surface area (Å²) in [6.45, 7) is 19.9. The molecule has 1 fully saturated rings. The highest BCUT2D eigenvalue weighted by Crippen LogP contribution is 2.50. The van der Waals surface area contributed by atoms with Gasteiger partial charge in [-0.25, -0.2) is 0 Å². The highest BCUT2D eigenvalue weighted by molar-refractivity contribution is 5.31. The Labute approximate surface area is 200 Å². The maximum absolute atomic E-state index is 4.02. The highest BCUT2D eigenvalue weighted by atomic mass is 15.2. The van der Waals surface area contributed by atoms with E-state index in [1.807, 2.05) is 0 Å². The lowest BCUT2D eigenvalue weighted by Crippen LogP contribution is -2.59. The SMILES string of the molecule is C=CC1=CC(CC)(CCC(C2C(C)C=CC2/C=C/CC)N2CC(C)CCC2(C)CCC)C1. The predicted octanol–water partition coefficient (Wildman–Crippen LogP) is 8.74. The van der Waals surface area contributed by atoms with Crippen molar-refractivity contribution in [1.29, 1.82) is 0 Å². The predicted molar refractivity (Wildman–Crippen MR) is 142 cm³/mol. The molecule has 3 aliphatic rings. The third kappa shape index (κ3) is 5.35. The van der Waals surface area contributed by atoms with Crippen LogP contribution in [0.25, 0.3) is 0 Å². The van der Waals surface area contributed by atoms with Crippen LogP contribution in [0.15, 0.2) is 48.6 Å². The van der Waals surface area contributed by atoms with E-state index in [2.05, 4.69) is 89.5 Å². The molecule has 32 heavy (non-hydrogen) atoms. The summed E-state index contributed by atoms with van der Waals surface area (Å²) in [6.07, 6.45) is 26.2. The molecule has 0 amide bonds. The number of rotatable bonds is 11. The van der Waals surface area contributed by atoms with Crippen LogP contribution < -0.4 is 0 Å². The Balaban J connectivity index is 1.92. The Morgan fingerprint density at radius 2 is 1.94 bits per heavy atom. The molecule has 7 atom stereocenters. The van der Waals surface area contributed by atoms with Gasteiger partial charge in [-0.1, -0.05) is 89.6 Å². The summed E-state index contributed by atoms with van der Waals surface area (Å²) in [5, 5.41) is 0.